The molecule has 4 nitrogen and oxygen atoms in total. The van der Waals surface area contributed by atoms with Crippen LogP contribution in [0.15, 0.2) is 36.4 Å². The van der Waals surface area contributed by atoms with Crippen molar-refractivity contribution in [2.24, 2.45) is 5.92 Å². The first-order valence-electron chi connectivity index (χ1n) is 13.1. The molecule has 2 N–H and O–H groups in total. The van der Waals surface area contributed by atoms with E-state index in [9.17, 15) is 13.9 Å². The number of fused-ring (bicyclic) bond motifs is 3. The fraction of sp³-hybridized carbons (Fsp3) is 0.517. The van der Waals surface area contributed by atoms with Crippen molar-refractivity contribution < 1.29 is 22.7 Å². The number of nitrogens with zero attached hydrogens (tertiary/aromatic N) is 2. The first-order valence-corrected chi connectivity index (χ1v) is 13.1. The highest BCUT2D eigenvalue weighted by molar-refractivity contribution is 5.85. The molecule has 0 aliphatic carbocycles. The minimum absolute atomic E-state index is 0.00762. The quantitative estimate of drug-likeness (QED) is 0.368. The van der Waals surface area contributed by atoms with E-state index in [2.05, 4.69) is 4.98 Å². The Morgan fingerprint density at radius 1 is 1.14 bits per heavy atom. The molecule has 5 rings (SSSR count). The van der Waals surface area contributed by atoms with Crippen LogP contribution >= 0.6 is 0 Å². The summed E-state index contributed by atoms with van der Waals surface area (Å²) >= 11 is 0. The summed E-state index contributed by atoms with van der Waals surface area (Å²) in [6, 6.07) is 9.20. The SMILES string of the molecule is C[C@@H]1Cc2c([nH]c3ccccc23)[C@@H](c2c(F)cc(C(O)C3CN(CCCF)C3)cc2F)N1CC(C)(C)F. The summed E-state index contributed by atoms with van der Waals surface area (Å²) in [7, 11) is 0. The van der Waals surface area contributed by atoms with Crippen molar-refractivity contribution in [1.29, 1.82) is 0 Å². The lowest BCUT2D eigenvalue weighted by molar-refractivity contribution is -0.00641. The van der Waals surface area contributed by atoms with Gasteiger partial charge in [0.15, 0.2) is 0 Å². The molecule has 200 valence electrons. The number of para-hydroxylation sites is 1. The van der Waals surface area contributed by atoms with E-state index in [1.165, 1.54) is 26.0 Å². The topological polar surface area (TPSA) is 42.5 Å². The summed E-state index contributed by atoms with van der Waals surface area (Å²) in [5, 5.41) is 11.8. The van der Waals surface area contributed by atoms with Gasteiger partial charge in [-0.2, -0.15) is 0 Å². The number of benzene rings is 2. The molecule has 1 aromatic heterocycles. The average Bonchev–Trinajstić information content (AvgIpc) is 3.16. The summed E-state index contributed by atoms with van der Waals surface area (Å²) in [5.41, 5.74) is 1.02. The largest absolute Gasteiger partial charge is 0.388 e. The van der Waals surface area contributed by atoms with E-state index in [0.717, 1.165) is 16.5 Å². The van der Waals surface area contributed by atoms with Crippen molar-refractivity contribution in [2.45, 2.75) is 57.5 Å². The Bertz CT molecular complexity index is 1240. The molecular formula is C29H35F4N3O. The van der Waals surface area contributed by atoms with Gasteiger partial charge in [-0.1, -0.05) is 18.2 Å². The Balaban J connectivity index is 1.52. The van der Waals surface area contributed by atoms with Gasteiger partial charge in [0.25, 0.3) is 0 Å². The number of H-pyrrole nitrogens is 1. The highest BCUT2D eigenvalue weighted by Crippen LogP contribution is 2.44. The zero-order valence-corrected chi connectivity index (χ0v) is 21.6. The summed E-state index contributed by atoms with van der Waals surface area (Å²) in [4.78, 5) is 7.23. The van der Waals surface area contributed by atoms with Crippen LogP contribution in [0.4, 0.5) is 17.6 Å². The van der Waals surface area contributed by atoms with Gasteiger partial charge in [0.05, 0.1) is 18.8 Å². The van der Waals surface area contributed by atoms with Gasteiger partial charge >= 0.3 is 0 Å². The van der Waals surface area contributed by atoms with E-state index in [1.54, 1.807) is 0 Å². The van der Waals surface area contributed by atoms with Gasteiger partial charge in [-0.25, -0.2) is 13.2 Å². The Kier molecular flexibility index (Phi) is 7.11. The van der Waals surface area contributed by atoms with Crippen LogP contribution in [0.5, 0.6) is 0 Å². The smallest absolute Gasteiger partial charge is 0.131 e. The van der Waals surface area contributed by atoms with Crippen LogP contribution in [0.3, 0.4) is 0 Å². The second-order valence-corrected chi connectivity index (χ2v) is 11.3. The summed E-state index contributed by atoms with van der Waals surface area (Å²) in [6.45, 7) is 6.24. The molecule has 2 aliphatic heterocycles. The van der Waals surface area contributed by atoms with Gasteiger partial charge in [-0.15, -0.1) is 0 Å². The predicted octanol–water partition coefficient (Wildman–Crippen LogP) is 5.86. The molecule has 3 aromatic rings. The third-order valence-electron chi connectivity index (χ3n) is 7.83. The van der Waals surface area contributed by atoms with Gasteiger partial charge in [0, 0.05) is 60.3 Å². The van der Waals surface area contributed by atoms with Crippen molar-refractivity contribution in [3.63, 3.8) is 0 Å². The fourth-order valence-electron chi connectivity index (χ4n) is 6.08. The number of hydrogen-bond acceptors (Lipinski definition) is 3. The zero-order valence-electron chi connectivity index (χ0n) is 21.6. The molecule has 1 saturated heterocycles. The summed E-state index contributed by atoms with van der Waals surface area (Å²) in [6.07, 6.45) is 0.0455. The van der Waals surface area contributed by atoms with E-state index < -0.39 is 36.1 Å². The Morgan fingerprint density at radius 2 is 1.81 bits per heavy atom. The molecule has 2 aliphatic rings. The normalized spacial score (nSPS) is 22.3. The van der Waals surface area contributed by atoms with Crippen molar-refractivity contribution >= 4 is 10.9 Å². The van der Waals surface area contributed by atoms with Crippen molar-refractivity contribution in [1.82, 2.24) is 14.8 Å². The summed E-state index contributed by atoms with van der Waals surface area (Å²) < 4.78 is 59.0. The maximum atomic E-state index is 15.8. The molecule has 0 bridgehead atoms. The van der Waals surface area contributed by atoms with Gasteiger partial charge < -0.3 is 15.0 Å². The number of halogens is 4. The third kappa shape index (κ3) is 5.03. The number of aliphatic hydroxyl groups is 1. The van der Waals surface area contributed by atoms with E-state index in [0.29, 0.717) is 38.2 Å². The molecule has 1 fully saturated rings. The zero-order chi connectivity index (χ0) is 26.5. The van der Waals surface area contributed by atoms with Crippen LogP contribution in [-0.4, -0.2) is 64.5 Å². The van der Waals surface area contributed by atoms with Crippen LogP contribution in [0, 0.1) is 17.6 Å². The Hall–Kier alpha value is -2.42. The molecule has 0 radical (unpaired) electrons. The number of alkyl halides is 2. The number of likely N-dealkylation sites (tertiary alicyclic amines) is 1. The minimum Gasteiger partial charge on any atom is -0.388 e. The van der Waals surface area contributed by atoms with Crippen molar-refractivity contribution in [3.8, 4) is 0 Å². The number of rotatable bonds is 8. The highest BCUT2D eigenvalue weighted by atomic mass is 19.1. The molecule has 2 aromatic carbocycles. The first-order chi connectivity index (χ1) is 17.6. The van der Waals surface area contributed by atoms with E-state index in [4.69, 9.17) is 0 Å². The second-order valence-electron chi connectivity index (χ2n) is 11.3. The van der Waals surface area contributed by atoms with Crippen LogP contribution in [-0.2, 0) is 6.42 Å². The number of hydrogen-bond donors (Lipinski definition) is 2. The number of aliphatic hydroxyl groups excluding tert-OH is 1. The van der Waals surface area contributed by atoms with Crippen LogP contribution in [0.1, 0.15) is 61.7 Å². The summed E-state index contributed by atoms with van der Waals surface area (Å²) in [5.74, 6) is -1.68. The lowest BCUT2D eigenvalue weighted by Crippen LogP contribution is -2.49. The molecule has 1 unspecified atom stereocenters. The van der Waals surface area contributed by atoms with Crippen molar-refractivity contribution in [2.75, 3.05) is 32.9 Å². The number of aromatic nitrogens is 1. The lowest BCUT2D eigenvalue weighted by Gasteiger charge is -2.43. The molecule has 3 heterocycles. The van der Waals surface area contributed by atoms with E-state index in [-0.39, 0.29) is 29.6 Å². The van der Waals surface area contributed by atoms with Gasteiger partial charge in [-0.05, 0) is 62.9 Å². The Morgan fingerprint density at radius 3 is 2.46 bits per heavy atom. The molecule has 3 atom stereocenters. The molecular weight excluding hydrogens is 482 g/mol. The van der Waals surface area contributed by atoms with Gasteiger partial charge in [-0.3, -0.25) is 9.29 Å². The minimum atomic E-state index is -1.57. The predicted molar refractivity (Wildman–Crippen MR) is 137 cm³/mol. The maximum Gasteiger partial charge on any atom is 0.131 e. The fourth-order valence-corrected chi connectivity index (χ4v) is 6.08. The number of aromatic amines is 1. The molecule has 0 saturated carbocycles. The molecule has 0 amide bonds. The standard InChI is InChI=1S/C29H35F4N3O/c1-17-11-21-20-7-4-5-8-24(20)34-26(21)27(36(17)16-29(2,3)33)25-22(31)12-18(13-23(25)32)28(37)19-14-35(15-19)10-6-9-30/h4-5,7-8,12-13,17,19,27-28,34,37H,6,9-11,14-16H2,1-3H3/t17-,27-,28?/m1/s1. The Labute approximate surface area is 215 Å². The molecule has 8 heteroatoms. The number of nitrogens with one attached hydrogen (secondary N) is 1. The molecule has 37 heavy (non-hydrogen) atoms. The average molecular weight is 518 g/mol. The van der Waals surface area contributed by atoms with Crippen molar-refractivity contribution in [3.05, 3.63) is 70.4 Å². The van der Waals surface area contributed by atoms with Gasteiger partial charge in [0.2, 0.25) is 0 Å². The second kappa shape index (κ2) is 10.0. The lowest BCUT2D eigenvalue weighted by atomic mass is 9.85. The van der Waals surface area contributed by atoms with Crippen LogP contribution in [0.25, 0.3) is 10.9 Å². The van der Waals surface area contributed by atoms with Gasteiger partial charge in [0.1, 0.15) is 17.3 Å². The highest BCUT2D eigenvalue weighted by Gasteiger charge is 2.41. The van der Waals surface area contributed by atoms with E-state index in [1.807, 2.05) is 41.0 Å². The first kappa shape index (κ1) is 26.2. The van der Waals surface area contributed by atoms with Crippen LogP contribution in [0.2, 0.25) is 0 Å². The van der Waals surface area contributed by atoms with Crippen LogP contribution < -0.4 is 0 Å². The maximum absolute atomic E-state index is 15.8. The molecule has 0 spiro atoms. The monoisotopic (exact) mass is 517 g/mol. The third-order valence-corrected chi connectivity index (χ3v) is 7.83. The van der Waals surface area contributed by atoms with E-state index >= 15 is 8.78 Å².